The Balaban J connectivity index is 1.82. The van der Waals surface area contributed by atoms with Crippen molar-refractivity contribution >= 4 is 5.91 Å². The summed E-state index contributed by atoms with van der Waals surface area (Å²) in [5.74, 6) is -0.0483. The van der Waals surface area contributed by atoms with Crippen LogP contribution < -0.4 is 10.6 Å². The summed E-state index contributed by atoms with van der Waals surface area (Å²) in [6, 6.07) is 0.532. The first-order chi connectivity index (χ1) is 7.75. The van der Waals surface area contributed by atoms with Crippen LogP contribution in [0.15, 0.2) is 6.33 Å². The predicted octanol–water partition coefficient (Wildman–Crippen LogP) is -1.07. The Morgan fingerprint density at radius 3 is 3.25 bits per heavy atom. The number of hydrogen-bond donors (Lipinski definition) is 2. The van der Waals surface area contributed by atoms with E-state index >= 15 is 0 Å². The van der Waals surface area contributed by atoms with Crippen molar-refractivity contribution in [3.8, 4) is 0 Å². The summed E-state index contributed by atoms with van der Waals surface area (Å²) in [5, 5.41) is 16.9. The molecule has 2 N–H and O–H groups in total. The fourth-order valence-electron chi connectivity index (χ4n) is 1.89. The molecule has 1 saturated heterocycles. The molecule has 88 valence electrons. The lowest BCUT2D eigenvalue weighted by atomic mass is 10.00. The predicted molar refractivity (Wildman–Crippen MR) is 56.4 cm³/mol. The standard InChI is InChI=1S/C9H16N6O/c1-7-8(3-2-4-10-7)12-9(16)5-15-6-11-13-14-15/h6-8,10H,2-5H2,1H3,(H,12,16). The van der Waals surface area contributed by atoms with Crippen LogP contribution in [0.5, 0.6) is 0 Å². The van der Waals surface area contributed by atoms with Crippen LogP contribution in [0.1, 0.15) is 19.8 Å². The molecule has 1 fully saturated rings. The molecule has 1 aromatic heterocycles. The van der Waals surface area contributed by atoms with Crippen LogP contribution in [0.2, 0.25) is 0 Å². The topological polar surface area (TPSA) is 84.7 Å². The van der Waals surface area contributed by atoms with E-state index in [-0.39, 0.29) is 18.5 Å². The zero-order valence-corrected chi connectivity index (χ0v) is 9.26. The lowest BCUT2D eigenvalue weighted by molar-refractivity contribution is -0.122. The van der Waals surface area contributed by atoms with Gasteiger partial charge in [-0.1, -0.05) is 0 Å². The van der Waals surface area contributed by atoms with Crippen LogP contribution in [-0.4, -0.2) is 44.7 Å². The second kappa shape index (κ2) is 5.02. The number of tetrazole rings is 1. The fraction of sp³-hybridized carbons (Fsp3) is 0.778. The number of carbonyl (C=O) groups excluding carboxylic acids is 1. The number of amides is 1. The Hall–Kier alpha value is -1.50. The Morgan fingerprint density at radius 2 is 2.56 bits per heavy atom. The van der Waals surface area contributed by atoms with Gasteiger partial charge in [0.15, 0.2) is 0 Å². The van der Waals surface area contributed by atoms with Gasteiger partial charge < -0.3 is 10.6 Å². The second-order valence-electron chi connectivity index (χ2n) is 4.07. The van der Waals surface area contributed by atoms with Gasteiger partial charge >= 0.3 is 0 Å². The maximum Gasteiger partial charge on any atom is 0.242 e. The SMILES string of the molecule is CC1NCCCC1NC(=O)Cn1cnnn1. The summed E-state index contributed by atoms with van der Waals surface area (Å²) >= 11 is 0. The Morgan fingerprint density at radius 1 is 1.69 bits per heavy atom. The molecule has 0 spiro atoms. The number of rotatable bonds is 3. The molecule has 0 aliphatic carbocycles. The number of carbonyl (C=O) groups is 1. The average molecular weight is 224 g/mol. The summed E-state index contributed by atoms with van der Waals surface area (Å²) in [7, 11) is 0. The van der Waals surface area contributed by atoms with E-state index in [2.05, 4.69) is 33.1 Å². The molecule has 1 aliphatic heterocycles. The third-order valence-electron chi connectivity index (χ3n) is 2.81. The molecule has 2 atom stereocenters. The average Bonchev–Trinajstić information content (AvgIpc) is 2.74. The Kier molecular flexibility index (Phi) is 3.45. The minimum Gasteiger partial charge on any atom is -0.350 e. The molecule has 1 amide bonds. The summed E-state index contributed by atoms with van der Waals surface area (Å²) in [4.78, 5) is 11.7. The summed E-state index contributed by atoms with van der Waals surface area (Å²) < 4.78 is 1.41. The number of aromatic nitrogens is 4. The molecule has 2 rings (SSSR count). The van der Waals surface area contributed by atoms with Gasteiger partial charge in [-0.25, -0.2) is 4.68 Å². The fourth-order valence-corrected chi connectivity index (χ4v) is 1.89. The molecule has 1 aliphatic rings. The highest BCUT2D eigenvalue weighted by Gasteiger charge is 2.22. The Bertz CT molecular complexity index is 338. The van der Waals surface area contributed by atoms with E-state index in [0.29, 0.717) is 6.04 Å². The molecule has 2 heterocycles. The summed E-state index contributed by atoms with van der Waals surface area (Å²) in [6.07, 6.45) is 3.55. The molecule has 2 unspecified atom stereocenters. The Labute approximate surface area is 93.6 Å². The van der Waals surface area contributed by atoms with Gasteiger partial charge in [0.25, 0.3) is 0 Å². The molecule has 7 heteroatoms. The van der Waals surface area contributed by atoms with Gasteiger partial charge in [-0.3, -0.25) is 4.79 Å². The highest BCUT2D eigenvalue weighted by molar-refractivity contribution is 5.76. The largest absolute Gasteiger partial charge is 0.350 e. The van der Waals surface area contributed by atoms with Gasteiger partial charge in [-0.15, -0.1) is 5.10 Å². The van der Waals surface area contributed by atoms with Crippen LogP contribution in [-0.2, 0) is 11.3 Å². The first kappa shape index (κ1) is 11.0. The number of hydrogen-bond acceptors (Lipinski definition) is 5. The van der Waals surface area contributed by atoms with Crippen molar-refractivity contribution in [3.05, 3.63) is 6.33 Å². The molecular weight excluding hydrogens is 208 g/mol. The quantitative estimate of drug-likeness (QED) is 0.683. The van der Waals surface area contributed by atoms with Crippen LogP contribution in [0, 0.1) is 0 Å². The zero-order chi connectivity index (χ0) is 11.4. The lowest BCUT2D eigenvalue weighted by Gasteiger charge is -2.30. The van der Waals surface area contributed by atoms with E-state index < -0.39 is 0 Å². The molecule has 0 radical (unpaired) electrons. The van der Waals surface area contributed by atoms with Gasteiger partial charge in [0, 0.05) is 12.1 Å². The smallest absolute Gasteiger partial charge is 0.242 e. The van der Waals surface area contributed by atoms with E-state index in [1.54, 1.807) is 0 Å². The highest BCUT2D eigenvalue weighted by Crippen LogP contribution is 2.07. The van der Waals surface area contributed by atoms with Crippen molar-refractivity contribution < 1.29 is 4.79 Å². The molecule has 7 nitrogen and oxygen atoms in total. The van der Waals surface area contributed by atoms with Crippen molar-refractivity contribution in [2.75, 3.05) is 6.54 Å². The first-order valence-corrected chi connectivity index (χ1v) is 5.49. The number of nitrogens with one attached hydrogen (secondary N) is 2. The van der Waals surface area contributed by atoms with Crippen molar-refractivity contribution in [3.63, 3.8) is 0 Å². The van der Waals surface area contributed by atoms with Crippen LogP contribution in [0.25, 0.3) is 0 Å². The third kappa shape index (κ3) is 2.75. The van der Waals surface area contributed by atoms with Crippen molar-refractivity contribution in [2.45, 2.75) is 38.4 Å². The molecular formula is C9H16N6O. The maximum absolute atomic E-state index is 11.7. The highest BCUT2D eigenvalue weighted by atomic mass is 16.2. The van der Waals surface area contributed by atoms with E-state index in [1.165, 1.54) is 11.0 Å². The van der Waals surface area contributed by atoms with Gasteiger partial charge in [0.1, 0.15) is 12.9 Å². The van der Waals surface area contributed by atoms with Gasteiger partial charge in [0.05, 0.1) is 0 Å². The molecule has 1 aromatic rings. The van der Waals surface area contributed by atoms with Crippen LogP contribution in [0.3, 0.4) is 0 Å². The lowest BCUT2D eigenvalue weighted by Crippen LogP contribution is -2.52. The third-order valence-corrected chi connectivity index (χ3v) is 2.81. The summed E-state index contributed by atoms with van der Waals surface area (Å²) in [6.45, 7) is 3.29. The van der Waals surface area contributed by atoms with E-state index in [4.69, 9.17) is 0 Å². The zero-order valence-electron chi connectivity index (χ0n) is 9.26. The summed E-state index contributed by atoms with van der Waals surface area (Å²) in [5.41, 5.74) is 0. The van der Waals surface area contributed by atoms with Gasteiger partial charge in [0.2, 0.25) is 5.91 Å². The van der Waals surface area contributed by atoms with E-state index in [9.17, 15) is 4.79 Å². The van der Waals surface area contributed by atoms with Crippen molar-refractivity contribution in [1.29, 1.82) is 0 Å². The maximum atomic E-state index is 11.7. The van der Waals surface area contributed by atoms with E-state index in [1.807, 2.05) is 0 Å². The van der Waals surface area contributed by atoms with E-state index in [0.717, 1.165) is 19.4 Å². The van der Waals surface area contributed by atoms with Gasteiger partial charge in [-0.05, 0) is 36.7 Å². The molecule has 0 bridgehead atoms. The van der Waals surface area contributed by atoms with Crippen molar-refractivity contribution in [1.82, 2.24) is 30.8 Å². The van der Waals surface area contributed by atoms with Crippen LogP contribution in [0.4, 0.5) is 0 Å². The number of piperidine rings is 1. The van der Waals surface area contributed by atoms with Crippen molar-refractivity contribution in [2.24, 2.45) is 0 Å². The normalized spacial score (nSPS) is 25.3. The minimum atomic E-state index is -0.0483. The second-order valence-corrected chi connectivity index (χ2v) is 4.07. The van der Waals surface area contributed by atoms with Gasteiger partial charge in [-0.2, -0.15) is 0 Å². The minimum absolute atomic E-state index is 0.0483. The first-order valence-electron chi connectivity index (χ1n) is 5.49. The van der Waals surface area contributed by atoms with Crippen LogP contribution >= 0.6 is 0 Å². The number of nitrogens with zero attached hydrogens (tertiary/aromatic N) is 4. The molecule has 0 saturated carbocycles. The monoisotopic (exact) mass is 224 g/mol. The molecule has 16 heavy (non-hydrogen) atoms. The molecule has 0 aromatic carbocycles.